The molecule has 1 aliphatic heterocycles. The standard InChI is InChI=1S/C21H19N3O3/c1-24(13-15-5-3-2-4-6-15)17-9-10-22-18(12-17)21(25)23-16-7-8-19-20(11-16)27-14-26-19/h2-12H,13-14H2,1H3,(H,23,25). The molecule has 27 heavy (non-hydrogen) atoms. The van der Waals surface area contributed by atoms with Gasteiger partial charge in [0, 0.05) is 37.2 Å². The van der Waals surface area contributed by atoms with E-state index in [-0.39, 0.29) is 12.7 Å². The predicted molar refractivity (Wildman–Crippen MR) is 103 cm³/mol. The lowest BCUT2D eigenvalue weighted by molar-refractivity contribution is 0.102. The molecule has 0 unspecified atom stereocenters. The highest BCUT2D eigenvalue weighted by molar-refractivity contribution is 6.03. The van der Waals surface area contributed by atoms with E-state index < -0.39 is 0 Å². The van der Waals surface area contributed by atoms with E-state index in [1.807, 2.05) is 31.3 Å². The SMILES string of the molecule is CN(Cc1ccccc1)c1ccnc(C(=O)Nc2ccc3c(c2)OCO3)c1. The molecule has 0 saturated carbocycles. The van der Waals surface area contributed by atoms with Gasteiger partial charge in [-0.1, -0.05) is 30.3 Å². The van der Waals surface area contributed by atoms with Crippen molar-refractivity contribution in [2.75, 3.05) is 24.1 Å². The second-order valence-electron chi connectivity index (χ2n) is 6.26. The van der Waals surface area contributed by atoms with Crippen LogP contribution in [0.5, 0.6) is 11.5 Å². The molecule has 0 spiro atoms. The summed E-state index contributed by atoms with van der Waals surface area (Å²) in [5.74, 6) is 1.02. The highest BCUT2D eigenvalue weighted by Crippen LogP contribution is 2.34. The molecule has 3 aromatic rings. The van der Waals surface area contributed by atoms with Gasteiger partial charge in [-0.25, -0.2) is 0 Å². The minimum Gasteiger partial charge on any atom is -0.454 e. The number of benzene rings is 2. The van der Waals surface area contributed by atoms with E-state index in [0.717, 1.165) is 12.2 Å². The van der Waals surface area contributed by atoms with Crippen molar-refractivity contribution in [1.82, 2.24) is 4.98 Å². The molecule has 0 fully saturated rings. The van der Waals surface area contributed by atoms with E-state index in [2.05, 4.69) is 27.3 Å². The quantitative estimate of drug-likeness (QED) is 0.751. The summed E-state index contributed by atoms with van der Waals surface area (Å²) in [6.45, 7) is 0.943. The van der Waals surface area contributed by atoms with Crippen LogP contribution in [0.15, 0.2) is 66.9 Å². The minimum absolute atomic E-state index is 0.198. The van der Waals surface area contributed by atoms with E-state index in [9.17, 15) is 4.79 Å². The first kappa shape index (κ1) is 16.9. The lowest BCUT2D eigenvalue weighted by atomic mass is 10.2. The number of carbonyl (C=O) groups is 1. The van der Waals surface area contributed by atoms with Crippen LogP contribution in [-0.4, -0.2) is 24.7 Å². The molecule has 136 valence electrons. The monoisotopic (exact) mass is 361 g/mol. The second-order valence-corrected chi connectivity index (χ2v) is 6.26. The van der Waals surface area contributed by atoms with Crippen molar-refractivity contribution in [3.8, 4) is 11.5 Å². The molecule has 1 aliphatic rings. The van der Waals surface area contributed by atoms with Crippen molar-refractivity contribution in [1.29, 1.82) is 0 Å². The number of fused-ring (bicyclic) bond motifs is 1. The maximum atomic E-state index is 12.6. The molecule has 0 bridgehead atoms. The summed E-state index contributed by atoms with van der Waals surface area (Å²) in [6.07, 6.45) is 1.64. The van der Waals surface area contributed by atoms with Gasteiger partial charge in [0.1, 0.15) is 5.69 Å². The third-order valence-corrected chi connectivity index (χ3v) is 4.31. The molecular formula is C21H19N3O3. The molecule has 6 heteroatoms. The Bertz CT molecular complexity index is 960. The van der Waals surface area contributed by atoms with E-state index in [1.54, 1.807) is 30.5 Å². The number of nitrogens with zero attached hydrogens (tertiary/aromatic N) is 2. The van der Waals surface area contributed by atoms with Crippen molar-refractivity contribution in [2.24, 2.45) is 0 Å². The Morgan fingerprint density at radius 3 is 2.74 bits per heavy atom. The van der Waals surface area contributed by atoms with Crippen LogP contribution >= 0.6 is 0 Å². The van der Waals surface area contributed by atoms with E-state index >= 15 is 0 Å². The van der Waals surface area contributed by atoms with Crippen LogP contribution in [0.3, 0.4) is 0 Å². The first-order valence-corrected chi connectivity index (χ1v) is 8.61. The fraction of sp³-hybridized carbons (Fsp3) is 0.143. The highest BCUT2D eigenvalue weighted by Gasteiger charge is 2.15. The van der Waals surface area contributed by atoms with Gasteiger partial charge in [-0.15, -0.1) is 0 Å². The fourth-order valence-electron chi connectivity index (χ4n) is 2.90. The normalized spacial score (nSPS) is 11.9. The van der Waals surface area contributed by atoms with Gasteiger partial charge in [-0.05, 0) is 29.8 Å². The molecule has 2 heterocycles. The Labute approximate surface area is 157 Å². The zero-order valence-electron chi connectivity index (χ0n) is 14.9. The summed E-state index contributed by atoms with van der Waals surface area (Å²) in [6, 6.07) is 19.1. The molecule has 4 rings (SSSR count). The molecule has 0 radical (unpaired) electrons. The van der Waals surface area contributed by atoms with Gasteiger partial charge in [-0.3, -0.25) is 9.78 Å². The summed E-state index contributed by atoms with van der Waals surface area (Å²) in [4.78, 5) is 18.9. The van der Waals surface area contributed by atoms with Crippen molar-refractivity contribution >= 4 is 17.3 Å². The first-order valence-electron chi connectivity index (χ1n) is 8.61. The molecular weight excluding hydrogens is 342 g/mol. The zero-order valence-corrected chi connectivity index (χ0v) is 14.9. The summed E-state index contributed by atoms with van der Waals surface area (Å²) >= 11 is 0. The molecule has 2 aromatic carbocycles. The Morgan fingerprint density at radius 2 is 1.89 bits per heavy atom. The summed E-state index contributed by atoms with van der Waals surface area (Å²) in [5, 5.41) is 2.85. The van der Waals surface area contributed by atoms with Crippen molar-refractivity contribution < 1.29 is 14.3 Å². The number of ether oxygens (including phenoxy) is 2. The van der Waals surface area contributed by atoms with Crippen LogP contribution < -0.4 is 19.7 Å². The largest absolute Gasteiger partial charge is 0.454 e. The fourth-order valence-corrected chi connectivity index (χ4v) is 2.90. The van der Waals surface area contributed by atoms with E-state index in [4.69, 9.17) is 9.47 Å². The molecule has 0 saturated heterocycles. The van der Waals surface area contributed by atoms with Gasteiger partial charge in [0.15, 0.2) is 11.5 Å². The van der Waals surface area contributed by atoms with Gasteiger partial charge in [0.25, 0.3) is 5.91 Å². The Hall–Kier alpha value is -3.54. The number of anilines is 2. The van der Waals surface area contributed by atoms with E-state index in [1.165, 1.54) is 5.56 Å². The number of pyridine rings is 1. The lowest BCUT2D eigenvalue weighted by Gasteiger charge is -2.19. The topological polar surface area (TPSA) is 63.7 Å². The Morgan fingerprint density at radius 1 is 1.07 bits per heavy atom. The summed E-state index contributed by atoms with van der Waals surface area (Å²) < 4.78 is 10.6. The van der Waals surface area contributed by atoms with Crippen LogP contribution in [0.4, 0.5) is 11.4 Å². The lowest BCUT2D eigenvalue weighted by Crippen LogP contribution is -2.18. The average molecular weight is 361 g/mol. The maximum absolute atomic E-state index is 12.6. The van der Waals surface area contributed by atoms with Crippen LogP contribution in [0.25, 0.3) is 0 Å². The highest BCUT2D eigenvalue weighted by atomic mass is 16.7. The average Bonchev–Trinajstić information content (AvgIpc) is 3.16. The molecule has 6 nitrogen and oxygen atoms in total. The second kappa shape index (κ2) is 7.37. The van der Waals surface area contributed by atoms with Gasteiger partial charge < -0.3 is 19.7 Å². The number of hydrogen-bond donors (Lipinski definition) is 1. The number of carbonyl (C=O) groups excluding carboxylic acids is 1. The molecule has 1 N–H and O–H groups in total. The minimum atomic E-state index is -0.274. The van der Waals surface area contributed by atoms with Crippen LogP contribution in [-0.2, 0) is 6.54 Å². The van der Waals surface area contributed by atoms with Gasteiger partial charge in [0.05, 0.1) is 0 Å². The van der Waals surface area contributed by atoms with Crippen molar-refractivity contribution in [2.45, 2.75) is 6.54 Å². The molecule has 0 atom stereocenters. The molecule has 0 aliphatic carbocycles. The number of amides is 1. The molecule has 1 amide bonds. The Kier molecular flexibility index (Phi) is 4.61. The summed E-state index contributed by atoms with van der Waals surface area (Å²) in [7, 11) is 1.99. The number of aromatic nitrogens is 1. The smallest absolute Gasteiger partial charge is 0.274 e. The number of nitrogens with one attached hydrogen (secondary N) is 1. The number of rotatable bonds is 5. The van der Waals surface area contributed by atoms with Gasteiger partial charge in [0.2, 0.25) is 6.79 Å². The molecule has 1 aromatic heterocycles. The number of hydrogen-bond acceptors (Lipinski definition) is 5. The van der Waals surface area contributed by atoms with Crippen LogP contribution in [0.1, 0.15) is 16.1 Å². The summed E-state index contributed by atoms with van der Waals surface area (Å²) in [5.41, 5.74) is 3.10. The third-order valence-electron chi connectivity index (χ3n) is 4.31. The van der Waals surface area contributed by atoms with E-state index in [0.29, 0.717) is 22.9 Å². The predicted octanol–water partition coefficient (Wildman–Crippen LogP) is 3.70. The van der Waals surface area contributed by atoms with Crippen molar-refractivity contribution in [3.63, 3.8) is 0 Å². The van der Waals surface area contributed by atoms with Gasteiger partial charge >= 0.3 is 0 Å². The first-order chi connectivity index (χ1) is 13.2. The van der Waals surface area contributed by atoms with Crippen LogP contribution in [0.2, 0.25) is 0 Å². The maximum Gasteiger partial charge on any atom is 0.274 e. The third kappa shape index (κ3) is 3.84. The Balaban J connectivity index is 1.47. The van der Waals surface area contributed by atoms with Crippen LogP contribution in [0, 0.1) is 0 Å². The zero-order chi connectivity index (χ0) is 18.6. The van der Waals surface area contributed by atoms with Crippen molar-refractivity contribution in [3.05, 3.63) is 78.1 Å². The van der Waals surface area contributed by atoms with Gasteiger partial charge in [-0.2, -0.15) is 0 Å².